The van der Waals surface area contributed by atoms with E-state index in [4.69, 9.17) is 5.73 Å². The Bertz CT molecular complexity index is 240. The van der Waals surface area contributed by atoms with Gasteiger partial charge in [0.05, 0.1) is 6.54 Å². The van der Waals surface area contributed by atoms with Gasteiger partial charge in [-0.05, 0) is 6.92 Å². The summed E-state index contributed by atoms with van der Waals surface area (Å²) in [6, 6.07) is -0.833. The highest BCUT2D eigenvalue weighted by Crippen LogP contribution is 1.71. The molecule has 0 fully saturated rings. The van der Waals surface area contributed by atoms with E-state index in [0.29, 0.717) is 13.0 Å². The van der Waals surface area contributed by atoms with Gasteiger partial charge < -0.3 is 11.1 Å². The Kier molecular flexibility index (Phi) is 6.28. The van der Waals surface area contributed by atoms with Gasteiger partial charge in [-0.15, -0.1) is 11.8 Å². The van der Waals surface area contributed by atoms with E-state index in [1.54, 1.807) is 6.92 Å². The lowest BCUT2D eigenvalue weighted by Gasteiger charge is -2.00. The van der Waals surface area contributed by atoms with Crippen LogP contribution in [-0.4, -0.2) is 25.0 Å². The van der Waals surface area contributed by atoms with Crippen LogP contribution in [0.25, 0.3) is 0 Å². The van der Waals surface area contributed by atoms with Crippen LogP contribution in [0.3, 0.4) is 0 Å². The van der Waals surface area contributed by atoms with Crippen molar-refractivity contribution in [3.05, 3.63) is 0 Å². The molecule has 3 amide bonds. The molecule has 4 N–H and O–H groups in total. The first kappa shape index (κ1) is 11.5. The Morgan fingerprint density at radius 1 is 1.46 bits per heavy atom. The summed E-state index contributed by atoms with van der Waals surface area (Å²) < 4.78 is 0. The van der Waals surface area contributed by atoms with Crippen molar-refractivity contribution < 1.29 is 9.59 Å². The van der Waals surface area contributed by atoms with Gasteiger partial charge in [-0.25, -0.2) is 4.79 Å². The smallest absolute Gasteiger partial charge is 0.318 e. The van der Waals surface area contributed by atoms with Gasteiger partial charge >= 0.3 is 6.03 Å². The lowest BCUT2D eigenvalue weighted by Crippen LogP contribution is -2.40. The van der Waals surface area contributed by atoms with E-state index in [0.717, 1.165) is 0 Å². The summed E-state index contributed by atoms with van der Waals surface area (Å²) in [5.41, 5.74) is 4.72. The maximum Gasteiger partial charge on any atom is 0.318 e. The average Bonchev–Trinajstić information content (AvgIpc) is 2.02. The molecule has 0 radical (unpaired) electrons. The molecular formula is C8H13N3O2. The number of hydrogen-bond acceptors (Lipinski definition) is 3. The molecule has 72 valence electrons. The molecule has 5 nitrogen and oxygen atoms in total. The molecule has 0 aromatic heterocycles. The SMILES string of the molecule is CC#CCCNCC(=O)NC(N)=O. The predicted octanol–water partition coefficient (Wildman–Crippen LogP) is -0.816. The van der Waals surface area contributed by atoms with E-state index in [1.807, 2.05) is 5.32 Å². The second kappa shape index (κ2) is 7.13. The van der Waals surface area contributed by atoms with Gasteiger partial charge in [0, 0.05) is 13.0 Å². The van der Waals surface area contributed by atoms with Crippen LogP contribution in [0.5, 0.6) is 0 Å². The van der Waals surface area contributed by atoms with Crippen LogP contribution in [0.2, 0.25) is 0 Å². The van der Waals surface area contributed by atoms with Gasteiger partial charge in [0.1, 0.15) is 0 Å². The highest BCUT2D eigenvalue weighted by molar-refractivity contribution is 5.94. The monoisotopic (exact) mass is 183 g/mol. The number of carbonyl (C=O) groups is 2. The molecule has 0 atom stereocenters. The predicted molar refractivity (Wildman–Crippen MR) is 48.7 cm³/mol. The minimum Gasteiger partial charge on any atom is -0.351 e. The summed E-state index contributed by atoms with van der Waals surface area (Å²) >= 11 is 0. The molecule has 0 aliphatic carbocycles. The molecule has 0 saturated heterocycles. The van der Waals surface area contributed by atoms with E-state index < -0.39 is 11.9 Å². The van der Waals surface area contributed by atoms with Crippen LogP contribution in [0.15, 0.2) is 0 Å². The summed E-state index contributed by atoms with van der Waals surface area (Å²) in [4.78, 5) is 21.0. The first-order chi connectivity index (χ1) is 6.16. The van der Waals surface area contributed by atoms with Crippen molar-refractivity contribution in [3.8, 4) is 11.8 Å². The number of carbonyl (C=O) groups excluding carboxylic acids is 2. The molecule has 0 rings (SSSR count). The second-order valence-electron chi connectivity index (χ2n) is 2.27. The van der Waals surface area contributed by atoms with Crippen molar-refractivity contribution in [1.82, 2.24) is 10.6 Å². The Labute approximate surface area is 77.1 Å². The van der Waals surface area contributed by atoms with Crippen molar-refractivity contribution >= 4 is 11.9 Å². The average molecular weight is 183 g/mol. The van der Waals surface area contributed by atoms with Crippen LogP contribution in [0.4, 0.5) is 4.79 Å². The molecule has 13 heavy (non-hydrogen) atoms. The van der Waals surface area contributed by atoms with E-state index in [1.165, 1.54) is 0 Å². The highest BCUT2D eigenvalue weighted by Gasteiger charge is 2.01. The number of primary amides is 1. The second-order valence-corrected chi connectivity index (χ2v) is 2.27. The fourth-order valence-corrected chi connectivity index (χ4v) is 0.659. The number of amides is 3. The Morgan fingerprint density at radius 2 is 2.15 bits per heavy atom. The minimum absolute atomic E-state index is 0.0777. The fourth-order valence-electron chi connectivity index (χ4n) is 0.659. The van der Waals surface area contributed by atoms with Gasteiger partial charge in [0.15, 0.2) is 0 Å². The van der Waals surface area contributed by atoms with Gasteiger partial charge in [-0.2, -0.15) is 0 Å². The van der Waals surface area contributed by atoms with Crippen molar-refractivity contribution in [2.75, 3.05) is 13.1 Å². The van der Waals surface area contributed by atoms with Gasteiger partial charge in [-0.3, -0.25) is 10.1 Å². The molecule has 0 aliphatic rings. The number of rotatable bonds is 4. The Hall–Kier alpha value is -1.54. The van der Waals surface area contributed by atoms with Crippen molar-refractivity contribution in [2.45, 2.75) is 13.3 Å². The normalized spacial score (nSPS) is 8.38. The molecule has 0 spiro atoms. The fraction of sp³-hybridized carbons (Fsp3) is 0.500. The molecule has 0 saturated carbocycles. The minimum atomic E-state index is -0.833. The van der Waals surface area contributed by atoms with E-state index in [9.17, 15) is 9.59 Å². The summed E-state index contributed by atoms with van der Waals surface area (Å²) in [5.74, 6) is 5.12. The Balaban J connectivity index is 3.35. The maximum absolute atomic E-state index is 10.8. The van der Waals surface area contributed by atoms with Crippen LogP contribution in [-0.2, 0) is 4.79 Å². The number of imide groups is 1. The standard InChI is InChI=1S/C8H13N3O2/c1-2-3-4-5-10-6-7(12)11-8(9)13/h10H,4-6H2,1H3,(H3,9,11,12,13). The van der Waals surface area contributed by atoms with Crippen molar-refractivity contribution in [2.24, 2.45) is 5.73 Å². The third-order valence-corrected chi connectivity index (χ3v) is 1.15. The third kappa shape index (κ3) is 8.37. The van der Waals surface area contributed by atoms with Crippen LogP contribution < -0.4 is 16.4 Å². The molecule has 5 heteroatoms. The molecule has 0 heterocycles. The van der Waals surface area contributed by atoms with Crippen LogP contribution in [0, 0.1) is 11.8 Å². The first-order valence-corrected chi connectivity index (χ1v) is 3.86. The lowest BCUT2D eigenvalue weighted by molar-refractivity contribution is -0.119. The molecule has 0 aliphatic heterocycles. The quantitative estimate of drug-likeness (QED) is 0.393. The molecular weight excluding hydrogens is 170 g/mol. The molecule has 0 bridgehead atoms. The summed E-state index contributed by atoms with van der Waals surface area (Å²) in [5, 5.41) is 4.74. The van der Waals surface area contributed by atoms with Gasteiger partial charge in [0.2, 0.25) is 5.91 Å². The third-order valence-electron chi connectivity index (χ3n) is 1.15. The van der Waals surface area contributed by atoms with Gasteiger partial charge in [-0.1, -0.05) is 0 Å². The van der Waals surface area contributed by atoms with E-state index in [-0.39, 0.29) is 6.54 Å². The van der Waals surface area contributed by atoms with Crippen molar-refractivity contribution in [3.63, 3.8) is 0 Å². The van der Waals surface area contributed by atoms with Gasteiger partial charge in [0.25, 0.3) is 0 Å². The zero-order valence-corrected chi connectivity index (χ0v) is 7.52. The zero-order valence-electron chi connectivity index (χ0n) is 7.52. The topological polar surface area (TPSA) is 84.2 Å². The number of urea groups is 1. The molecule has 0 unspecified atom stereocenters. The van der Waals surface area contributed by atoms with Crippen molar-refractivity contribution in [1.29, 1.82) is 0 Å². The molecule has 0 aromatic carbocycles. The van der Waals surface area contributed by atoms with Crippen LogP contribution >= 0.6 is 0 Å². The number of nitrogens with two attached hydrogens (primary N) is 1. The van der Waals surface area contributed by atoms with E-state index >= 15 is 0 Å². The highest BCUT2D eigenvalue weighted by atomic mass is 16.2. The van der Waals surface area contributed by atoms with Crippen LogP contribution in [0.1, 0.15) is 13.3 Å². The lowest BCUT2D eigenvalue weighted by atomic mass is 10.4. The maximum atomic E-state index is 10.8. The largest absolute Gasteiger partial charge is 0.351 e. The Morgan fingerprint density at radius 3 is 2.69 bits per heavy atom. The summed E-state index contributed by atoms with van der Waals surface area (Å²) in [7, 11) is 0. The summed E-state index contributed by atoms with van der Waals surface area (Å²) in [6.07, 6.45) is 0.681. The first-order valence-electron chi connectivity index (χ1n) is 3.86. The zero-order chi connectivity index (χ0) is 10.1. The van der Waals surface area contributed by atoms with E-state index in [2.05, 4.69) is 17.2 Å². The number of nitrogens with one attached hydrogen (secondary N) is 2. The number of hydrogen-bond donors (Lipinski definition) is 3. The summed E-state index contributed by atoms with van der Waals surface area (Å²) in [6.45, 7) is 2.45. The molecule has 0 aromatic rings.